The summed E-state index contributed by atoms with van der Waals surface area (Å²) in [5, 5.41) is 15.1. The number of hydrogen-bond donors (Lipinski definition) is 2. The summed E-state index contributed by atoms with van der Waals surface area (Å²) in [6.07, 6.45) is 1.29. The van der Waals surface area contributed by atoms with E-state index in [2.05, 4.69) is 10.5 Å². The Labute approximate surface area is 98.1 Å². The molecular formula is C12H12N2O3. The number of aliphatic hydroxyl groups excluding tert-OH is 1. The van der Waals surface area contributed by atoms with Gasteiger partial charge in [0.05, 0.1) is 6.20 Å². The molecule has 2 aromatic rings. The van der Waals surface area contributed by atoms with Crippen molar-refractivity contribution in [2.45, 2.75) is 13.5 Å². The number of aryl methyl sites for hydroxylation is 1. The van der Waals surface area contributed by atoms with Gasteiger partial charge in [-0.25, -0.2) is 0 Å². The Balaban J connectivity index is 2.14. The van der Waals surface area contributed by atoms with E-state index < -0.39 is 0 Å². The van der Waals surface area contributed by atoms with Crippen molar-refractivity contribution in [1.82, 2.24) is 5.16 Å². The van der Waals surface area contributed by atoms with Gasteiger partial charge in [-0.05, 0) is 19.1 Å². The van der Waals surface area contributed by atoms with Gasteiger partial charge in [0, 0.05) is 5.69 Å². The highest BCUT2D eigenvalue weighted by atomic mass is 16.5. The first-order valence-electron chi connectivity index (χ1n) is 5.13. The maximum atomic E-state index is 11.8. The van der Waals surface area contributed by atoms with Gasteiger partial charge in [-0.2, -0.15) is 0 Å². The Hall–Kier alpha value is -2.14. The summed E-state index contributed by atoms with van der Waals surface area (Å²) in [5.41, 5.74) is 2.04. The molecule has 1 amide bonds. The second-order valence-corrected chi connectivity index (χ2v) is 3.64. The van der Waals surface area contributed by atoms with Gasteiger partial charge < -0.3 is 14.9 Å². The standard InChI is InChI=1S/C12H12N2O3/c1-8-2-4-9(5-3-8)14-12(16)10-6-13-17-11(10)7-15/h2-6,15H,7H2,1H3,(H,14,16). The van der Waals surface area contributed by atoms with Crippen molar-refractivity contribution in [1.29, 1.82) is 0 Å². The lowest BCUT2D eigenvalue weighted by atomic mass is 10.2. The zero-order valence-electron chi connectivity index (χ0n) is 9.30. The molecule has 0 bridgehead atoms. The Kier molecular flexibility index (Phi) is 3.20. The first-order valence-corrected chi connectivity index (χ1v) is 5.13. The van der Waals surface area contributed by atoms with Crippen molar-refractivity contribution in [2.24, 2.45) is 0 Å². The molecule has 0 atom stereocenters. The van der Waals surface area contributed by atoms with Crippen LogP contribution >= 0.6 is 0 Å². The van der Waals surface area contributed by atoms with Crippen LogP contribution in [-0.2, 0) is 6.61 Å². The number of benzene rings is 1. The molecule has 2 rings (SSSR count). The number of nitrogens with zero attached hydrogens (tertiary/aromatic N) is 1. The predicted molar refractivity (Wildman–Crippen MR) is 61.6 cm³/mol. The number of rotatable bonds is 3. The van der Waals surface area contributed by atoms with E-state index >= 15 is 0 Å². The third kappa shape index (κ3) is 2.51. The second-order valence-electron chi connectivity index (χ2n) is 3.64. The van der Waals surface area contributed by atoms with Gasteiger partial charge in [0.2, 0.25) is 0 Å². The average Bonchev–Trinajstić information content (AvgIpc) is 2.80. The molecule has 0 spiro atoms. The lowest BCUT2D eigenvalue weighted by molar-refractivity contribution is 0.102. The fraction of sp³-hybridized carbons (Fsp3) is 0.167. The molecule has 0 saturated carbocycles. The molecule has 0 aliphatic rings. The lowest BCUT2D eigenvalue weighted by Crippen LogP contribution is -2.12. The number of carbonyl (C=O) groups is 1. The highest BCUT2D eigenvalue weighted by Gasteiger charge is 2.15. The van der Waals surface area contributed by atoms with Crippen LogP contribution in [0.4, 0.5) is 5.69 Å². The van der Waals surface area contributed by atoms with Crippen LogP contribution in [0.1, 0.15) is 21.7 Å². The number of nitrogens with one attached hydrogen (secondary N) is 1. The van der Waals surface area contributed by atoms with E-state index in [-0.39, 0.29) is 23.8 Å². The summed E-state index contributed by atoms with van der Waals surface area (Å²) < 4.78 is 4.73. The van der Waals surface area contributed by atoms with Gasteiger partial charge in [-0.3, -0.25) is 4.79 Å². The Bertz CT molecular complexity index is 517. The van der Waals surface area contributed by atoms with Gasteiger partial charge in [-0.1, -0.05) is 22.9 Å². The maximum Gasteiger partial charge on any atom is 0.261 e. The van der Waals surface area contributed by atoms with Crippen molar-refractivity contribution >= 4 is 11.6 Å². The normalized spacial score (nSPS) is 10.2. The van der Waals surface area contributed by atoms with Crippen LogP contribution < -0.4 is 5.32 Å². The maximum absolute atomic E-state index is 11.8. The van der Waals surface area contributed by atoms with E-state index in [9.17, 15) is 4.79 Å². The molecule has 0 fully saturated rings. The molecule has 1 aromatic carbocycles. The molecular weight excluding hydrogens is 220 g/mol. The molecule has 0 saturated heterocycles. The summed E-state index contributed by atoms with van der Waals surface area (Å²) in [5.74, 6) is -0.186. The van der Waals surface area contributed by atoms with E-state index in [0.29, 0.717) is 5.69 Å². The van der Waals surface area contributed by atoms with Crippen LogP contribution in [-0.4, -0.2) is 16.2 Å². The van der Waals surface area contributed by atoms with Crippen LogP contribution in [0.25, 0.3) is 0 Å². The highest BCUT2D eigenvalue weighted by molar-refractivity contribution is 6.04. The number of amides is 1. The number of aromatic nitrogens is 1. The molecule has 1 aromatic heterocycles. The average molecular weight is 232 g/mol. The fourth-order valence-corrected chi connectivity index (χ4v) is 1.40. The molecule has 5 nitrogen and oxygen atoms in total. The number of anilines is 1. The number of carbonyl (C=O) groups excluding carboxylic acids is 1. The van der Waals surface area contributed by atoms with E-state index in [1.54, 1.807) is 12.1 Å². The molecule has 88 valence electrons. The third-order valence-corrected chi connectivity index (χ3v) is 2.34. The highest BCUT2D eigenvalue weighted by Crippen LogP contribution is 2.13. The minimum absolute atomic E-state index is 0.162. The largest absolute Gasteiger partial charge is 0.388 e. The number of aliphatic hydroxyl groups is 1. The Morgan fingerprint density at radius 2 is 2.12 bits per heavy atom. The van der Waals surface area contributed by atoms with Gasteiger partial charge in [0.25, 0.3) is 5.91 Å². The monoisotopic (exact) mass is 232 g/mol. The van der Waals surface area contributed by atoms with E-state index in [1.807, 2.05) is 19.1 Å². The van der Waals surface area contributed by atoms with Crippen LogP contribution in [0.5, 0.6) is 0 Å². The van der Waals surface area contributed by atoms with Crippen LogP contribution in [0.3, 0.4) is 0 Å². The smallest absolute Gasteiger partial charge is 0.261 e. The fourth-order valence-electron chi connectivity index (χ4n) is 1.40. The Morgan fingerprint density at radius 3 is 2.76 bits per heavy atom. The molecule has 2 N–H and O–H groups in total. The molecule has 0 aliphatic heterocycles. The summed E-state index contributed by atoms with van der Waals surface area (Å²) in [7, 11) is 0. The van der Waals surface area contributed by atoms with E-state index in [1.165, 1.54) is 6.20 Å². The molecule has 0 aliphatic carbocycles. The summed E-state index contributed by atoms with van der Waals surface area (Å²) in [4.78, 5) is 11.8. The van der Waals surface area contributed by atoms with Crippen LogP contribution in [0, 0.1) is 6.92 Å². The molecule has 17 heavy (non-hydrogen) atoms. The van der Waals surface area contributed by atoms with Crippen molar-refractivity contribution in [2.75, 3.05) is 5.32 Å². The molecule has 0 unspecified atom stereocenters. The summed E-state index contributed by atoms with van der Waals surface area (Å²) in [6, 6.07) is 7.41. The van der Waals surface area contributed by atoms with Crippen molar-refractivity contribution in [3.8, 4) is 0 Å². The first kappa shape index (κ1) is 11.3. The zero-order valence-corrected chi connectivity index (χ0v) is 9.30. The van der Waals surface area contributed by atoms with E-state index in [0.717, 1.165) is 5.56 Å². The molecule has 5 heteroatoms. The van der Waals surface area contributed by atoms with E-state index in [4.69, 9.17) is 9.63 Å². The zero-order chi connectivity index (χ0) is 12.3. The van der Waals surface area contributed by atoms with Crippen molar-refractivity contribution in [3.63, 3.8) is 0 Å². The SMILES string of the molecule is Cc1ccc(NC(=O)c2cnoc2CO)cc1. The van der Waals surface area contributed by atoms with Crippen molar-refractivity contribution in [3.05, 3.63) is 47.3 Å². The van der Waals surface area contributed by atoms with Crippen LogP contribution in [0.2, 0.25) is 0 Å². The molecule has 1 heterocycles. The minimum Gasteiger partial charge on any atom is -0.388 e. The summed E-state index contributed by atoms with van der Waals surface area (Å²) >= 11 is 0. The topological polar surface area (TPSA) is 75.4 Å². The van der Waals surface area contributed by atoms with Gasteiger partial charge in [-0.15, -0.1) is 0 Å². The minimum atomic E-state index is -0.351. The molecule has 0 radical (unpaired) electrons. The first-order chi connectivity index (χ1) is 8.20. The summed E-state index contributed by atoms with van der Waals surface area (Å²) in [6.45, 7) is 1.62. The van der Waals surface area contributed by atoms with Crippen molar-refractivity contribution < 1.29 is 14.4 Å². The van der Waals surface area contributed by atoms with Gasteiger partial charge in [0.15, 0.2) is 5.76 Å². The van der Waals surface area contributed by atoms with Gasteiger partial charge in [0.1, 0.15) is 12.2 Å². The quantitative estimate of drug-likeness (QED) is 0.845. The Morgan fingerprint density at radius 1 is 1.41 bits per heavy atom. The second kappa shape index (κ2) is 4.80. The third-order valence-electron chi connectivity index (χ3n) is 2.34. The predicted octanol–water partition coefficient (Wildman–Crippen LogP) is 1.73. The number of hydrogen-bond acceptors (Lipinski definition) is 4. The lowest BCUT2D eigenvalue weighted by Gasteiger charge is -2.04. The van der Waals surface area contributed by atoms with Crippen LogP contribution in [0.15, 0.2) is 35.0 Å². The van der Waals surface area contributed by atoms with Gasteiger partial charge >= 0.3 is 0 Å².